The van der Waals surface area contributed by atoms with Crippen molar-refractivity contribution in [3.05, 3.63) is 60.7 Å². The number of pyridine rings is 1. The average Bonchev–Trinajstić information content (AvgIpc) is 3.51. The van der Waals surface area contributed by atoms with Crippen LogP contribution >= 0.6 is 0 Å². The van der Waals surface area contributed by atoms with E-state index in [4.69, 9.17) is 9.47 Å². The molecule has 11 nitrogen and oxygen atoms in total. The van der Waals surface area contributed by atoms with Gasteiger partial charge in [0.25, 0.3) is 5.91 Å². The Hall–Kier alpha value is -4.25. The molecule has 2 fully saturated rings. The van der Waals surface area contributed by atoms with Gasteiger partial charge in [-0.15, -0.1) is 0 Å². The summed E-state index contributed by atoms with van der Waals surface area (Å²) in [6.45, 7) is 5.28. The fourth-order valence-electron chi connectivity index (χ4n) is 5.07. The second kappa shape index (κ2) is 9.25. The molecule has 1 aliphatic carbocycles. The Kier molecular flexibility index (Phi) is 5.58. The van der Waals surface area contributed by atoms with Crippen molar-refractivity contribution in [2.45, 2.75) is 31.7 Å². The summed E-state index contributed by atoms with van der Waals surface area (Å²) in [5.74, 6) is 1.50. The summed E-state index contributed by atoms with van der Waals surface area (Å²) in [5.41, 5.74) is 4.57. The number of hydrogen-bond donors (Lipinski definition) is 1. The van der Waals surface area contributed by atoms with Gasteiger partial charge in [-0.2, -0.15) is 5.10 Å². The lowest BCUT2D eigenvalue weighted by atomic mass is 10.1. The molecule has 4 aromatic rings. The van der Waals surface area contributed by atoms with E-state index in [9.17, 15) is 4.79 Å². The van der Waals surface area contributed by atoms with E-state index in [1.54, 1.807) is 12.5 Å². The van der Waals surface area contributed by atoms with E-state index in [0.717, 1.165) is 35.7 Å². The predicted octanol–water partition coefficient (Wildman–Crippen LogP) is 3.45. The molecule has 11 heteroatoms. The number of morpholine rings is 1. The molecule has 1 N–H and O–H groups in total. The number of anilines is 2. The molecule has 194 valence electrons. The van der Waals surface area contributed by atoms with Gasteiger partial charge in [-0.25, -0.2) is 19.6 Å². The van der Waals surface area contributed by atoms with Crippen molar-refractivity contribution in [3.8, 4) is 22.8 Å². The maximum atomic E-state index is 13.5. The molecule has 0 radical (unpaired) electrons. The Morgan fingerprint density at radius 1 is 1.11 bits per heavy atom. The van der Waals surface area contributed by atoms with Crippen LogP contribution in [-0.2, 0) is 4.74 Å². The van der Waals surface area contributed by atoms with Crippen molar-refractivity contribution in [1.29, 1.82) is 0 Å². The maximum Gasteiger partial charge on any atom is 0.274 e. The number of nitrogens with one attached hydrogen (secondary N) is 1. The first kappa shape index (κ1) is 22.9. The number of aromatic nitrogens is 6. The van der Waals surface area contributed by atoms with E-state index in [-0.39, 0.29) is 11.9 Å². The largest absolute Gasteiger partial charge is 0.488 e. The number of hydrogen-bond acceptors (Lipinski definition) is 8. The van der Waals surface area contributed by atoms with Crippen LogP contribution in [0, 0.1) is 0 Å². The molecule has 3 aromatic heterocycles. The number of fused-ring (bicyclic) bond motifs is 3. The molecule has 1 saturated heterocycles. The molecule has 7 rings (SSSR count). The summed E-state index contributed by atoms with van der Waals surface area (Å²) < 4.78 is 15.5. The van der Waals surface area contributed by atoms with E-state index >= 15 is 0 Å². The molecule has 0 unspecified atom stereocenters. The Morgan fingerprint density at radius 3 is 2.82 bits per heavy atom. The molecular formula is C27H28N8O3. The Bertz CT molecular complexity index is 1500. The van der Waals surface area contributed by atoms with Gasteiger partial charge in [0, 0.05) is 25.2 Å². The van der Waals surface area contributed by atoms with E-state index in [0.29, 0.717) is 48.7 Å². The molecule has 2 aliphatic heterocycles. The van der Waals surface area contributed by atoms with Gasteiger partial charge in [-0.05, 0) is 38.0 Å². The van der Waals surface area contributed by atoms with E-state index < -0.39 is 0 Å². The van der Waals surface area contributed by atoms with Gasteiger partial charge in [-0.1, -0.05) is 6.07 Å². The lowest BCUT2D eigenvalue weighted by molar-refractivity contribution is 0.102. The summed E-state index contributed by atoms with van der Waals surface area (Å²) in [6.07, 6.45) is 9.57. The highest BCUT2D eigenvalue weighted by Crippen LogP contribution is 2.40. The fraction of sp³-hybridized carbons (Fsp3) is 0.370. The number of ether oxygens (including phenoxy) is 2. The number of carbonyl (C=O) groups is 1. The van der Waals surface area contributed by atoms with E-state index in [2.05, 4.69) is 36.5 Å². The Balaban J connectivity index is 1.23. The minimum atomic E-state index is -0.321. The average molecular weight is 513 g/mol. The summed E-state index contributed by atoms with van der Waals surface area (Å²) >= 11 is 0. The van der Waals surface area contributed by atoms with Crippen LogP contribution in [0.3, 0.4) is 0 Å². The van der Waals surface area contributed by atoms with Crippen LogP contribution in [-0.4, -0.2) is 68.1 Å². The SMILES string of the molecule is C[C@@H]1COc2c(NC(=O)c3cc(-n4cnc(C5CC5)c4)c(N4CCOCC4)cn3)cccc2-c2ncnn21. The maximum absolute atomic E-state index is 13.5. The smallest absolute Gasteiger partial charge is 0.274 e. The summed E-state index contributed by atoms with van der Waals surface area (Å²) in [6, 6.07) is 7.47. The van der Waals surface area contributed by atoms with Crippen LogP contribution in [0.5, 0.6) is 5.75 Å². The van der Waals surface area contributed by atoms with Crippen LogP contribution < -0.4 is 15.0 Å². The highest BCUT2D eigenvalue weighted by atomic mass is 16.5. The second-order valence-corrected chi connectivity index (χ2v) is 9.96. The van der Waals surface area contributed by atoms with Gasteiger partial charge in [0.1, 0.15) is 18.6 Å². The number of amides is 1. The third kappa shape index (κ3) is 4.08. The standard InChI is InChI=1S/C27H28N8O3/c1-17-14-38-25-19(26-29-15-31-35(17)26)3-2-4-20(25)32-27(36)21-11-23(34-13-22(30-16-34)18-5-6-18)24(12-28-21)33-7-9-37-10-8-33/h2-4,11-13,15-18H,5-10,14H2,1H3,(H,32,36)/t17-/m1/s1. The molecule has 38 heavy (non-hydrogen) atoms. The number of benzene rings is 1. The third-order valence-corrected chi connectivity index (χ3v) is 7.29. The first-order valence-corrected chi connectivity index (χ1v) is 13.0. The number of nitrogens with zero attached hydrogens (tertiary/aromatic N) is 7. The quantitative estimate of drug-likeness (QED) is 0.433. The van der Waals surface area contributed by atoms with Crippen molar-refractivity contribution in [3.63, 3.8) is 0 Å². The Labute approximate surface area is 219 Å². The molecule has 3 aliphatic rings. The van der Waals surface area contributed by atoms with Crippen molar-refractivity contribution < 1.29 is 14.3 Å². The van der Waals surface area contributed by atoms with Crippen LogP contribution in [0.25, 0.3) is 17.1 Å². The topological polar surface area (TPSA) is 112 Å². The molecule has 0 spiro atoms. The number of para-hydroxylation sites is 1. The van der Waals surface area contributed by atoms with Crippen molar-refractivity contribution >= 4 is 17.3 Å². The highest BCUT2D eigenvalue weighted by Gasteiger charge is 2.28. The van der Waals surface area contributed by atoms with E-state index in [1.165, 1.54) is 12.8 Å². The van der Waals surface area contributed by atoms with Gasteiger partial charge in [-0.3, -0.25) is 4.79 Å². The van der Waals surface area contributed by atoms with Crippen LogP contribution in [0.15, 0.2) is 49.3 Å². The monoisotopic (exact) mass is 512 g/mol. The van der Waals surface area contributed by atoms with Gasteiger partial charge in [0.15, 0.2) is 11.6 Å². The predicted molar refractivity (Wildman–Crippen MR) is 140 cm³/mol. The third-order valence-electron chi connectivity index (χ3n) is 7.29. The van der Waals surface area contributed by atoms with Crippen molar-refractivity contribution in [2.75, 3.05) is 43.1 Å². The number of imidazole rings is 1. The second-order valence-electron chi connectivity index (χ2n) is 9.96. The van der Waals surface area contributed by atoms with Crippen molar-refractivity contribution in [1.82, 2.24) is 29.3 Å². The summed E-state index contributed by atoms with van der Waals surface area (Å²) in [4.78, 5) is 29.4. The van der Waals surface area contributed by atoms with Gasteiger partial charge in [0.2, 0.25) is 0 Å². The zero-order valence-corrected chi connectivity index (χ0v) is 21.1. The van der Waals surface area contributed by atoms with Crippen LogP contribution in [0.1, 0.15) is 47.9 Å². The zero-order chi connectivity index (χ0) is 25.6. The van der Waals surface area contributed by atoms with E-state index in [1.807, 2.05) is 46.8 Å². The molecule has 1 aromatic carbocycles. The highest BCUT2D eigenvalue weighted by molar-refractivity contribution is 6.05. The zero-order valence-electron chi connectivity index (χ0n) is 21.1. The number of carbonyl (C=O) groups excluding carboxylic acids is 1. The van der Waals surface area contributed by atoms with Gasteiger partial charge >= 0.3 is 0 Å². The minimum Gasteiger partial charge on any atom is -0.488 e. The first-order chi connectivity index (χ1) is 18.7. The van der Waals surface area contributed by atoms with Crippen LogP contribution in [0.4, 0.5) is 11.4 Å². The summed E-state index contributed by atoms with van der Waals surface area (Å²) in [5, 5.41) is 7.37. The molecule has 0 bridgehead atoms. The van der Waals surface area contributed by atoms with Gasteiger partial charge in [0.05, 0.1) is 60.1 Å². The molecule has 1 saturated carbocycles. The van der Waals surface area contributed by atoms with Gasteiger partial charge < -0.3 is 24.3 Å². The fourth-order valence-corrected chi connectivity index (χ4v) is 5.07. The van der Waals surface area contributed by atoms with Crippen molar-refractivity contribution in [2.24, 2.45) is 0 Å². The lowest BCUT2D eigenvalue weighted by Crippen LogP contribution is -2.37. The summed E-state index contributed by atoms with van der Waals surface area (Å²) in [7, 11) is 0. The molecule has 5 heterocycles. The molecule has 1 amide bonds. The molecule has 1 atom stereocenters. The normalized spacial score (nSPS) is 18.8. The van der Waals surface area contributed by atoms with Crippen LogP contribution in [0.2, 0.25) is 0 Å². The minimum absolute atomic E-state index is 0.0103. The Morgan fingerprint density at radius 2 is 1.97 bits per heavy atom. The first-order valence-electron chi connectivity index (χ1n) is 13.0. The number of rotatable bonds is 5. The molecular weight excluding hydrogens is 484 g/mol. The lowest BCUT2D eigenvalue weighted by Gasteiger charge is -2.30.